The molecule has 0 fully saturated rings. The molecule has 2 N–H and O–H groups in total. The van der Waals surface area contributed by atoms with Gasteiger partial charge in [0, 0.05) is 18.5 Å². The molecule has 132 valence electrons. The number of aryl methyl sites for hydroxylation is 1. The van der Waals surface area contributed by atoms with Crippen LogP contribution in [0.2, 0.25) is 0 Å². The lowest BCUT2D eigenvalue weighted by atomic mass is 9.96. The van der Waals surface area contributed by atoms with E-state index in [9.17, 15) is 9.59 Å². The van der Waals surface area contributed by atoms with Crippen LogP contribution in [0.3, 0.4) is 0 Å². The first-order valence-corrected chi connectivity index (χ1v) is 8.23. The number of nitrogens with one attached hydrogen (secondary N) is 1. The highest BCUT2D eigenvalue weighted by atomic mass is 16.5. The third-order valence-electron chi connectivity index (χ3n) is 4.03. The van der Waals surface area contributed by atoms with E-state index >= 15 is 0 Å². The summed E-state index contributed by atoms with van der Waals surface area (Å²) in [5, 5.41) is 11.6. The monoisotopic (exact) mass is 341 g/mol. The van der Waals surface area contributed by atoms with E-state index in [2.05, 4.69) is 5.32 Å². The maximum absolute atomic E-state index is 12.3. The fraction of sp³-hybridized carbons (Fsp3) is 0.300. The molecule has 2 aromatic carbocycles. The van der Waals surface area contributed by atoms with Crippen LogP contribution in [0, 0.1) is 0 Å². The Bertz CT molecular complexity index is 725. The van der Waals surface area contributed by atoms with Crippen LogP contribution >= 0.6 is 0 Å². The van der Waals surface area contributed by atoms with Gasteiger partial charge in [-0.2, -0.15) is 0 Å². The van der Waals surface area contributed by atoms with Crippen LogP contribution in [-0.2, 0) is 16.0 Å². The molecule has 0 aliphatic heterocycles. The number of methoxy groups -OCH3 is 1. The van der Waals surface area contributed by atoms with Gasteiger partial charge in [-0.05, 0) is 41.7 Å². The smallest absolute Gasteiger partial charge is 0.303 e. The van der Waals surface area contributed by atoms with E-state index in [-0.39, 0.29) is 18.2 Å². The van der Waals surface area contributed by atoms with E-state index in [0.717, 1.165) is 16.9 Å². The quantitative estimate of drug-likeness (QED) is 0.765. The third-order valence-corrected chi connectivity index (χ3v) is 4.03. The van der Waals surface area contributed by atoms with Crippen molar-refractivity contribution >= 4 is 17.6 Å². The van der Waals surface area contributed by atoms with Gasteiger partial charge in [-0.15, -0.1) is 0 Å². The maximum atomic E-state index is 12.3. The Morgan fingerprint density at radius 1 is 1.12 bits per heavy atom. The zero-order valence-corrected chi connectivity index (χ0v) is 14.5. The minimum Gasteiger partial charge on any atom is -0.496 e. The third kappa shape index (κ3) is 5.64. The first-order valence-electron chi connectivity index (χ1n) is 8.23. The molecule has 1 unspecified atom stereocenters. The molecule has 5 nitrogen and oxygen atoms in total. The van der Waals surface area contributed by atoms with Gasteiger partial charge < -0.3 is 15.2 Å². The molecule has 0 heterocycles. The van der Waals surface area contributed by atoms with E-state index in [4.69, 9.17) is 9.84 Å². The molecule has 2 rings (SSSR count). The lowest BCUT2D eigenvalue weighted by Gasteiger charge is -2.15. The van der Waals surface area contributed by atoms with Gasteiger partial charge in [-0.3, -0.25) is 9.59 Å². The molecule has 0 aliphatic carbocycles. The largest absolute Gasteiger partial charge is 0.496 e. The Labute approximate surface area is 147 Å². The highest BCUT2D eigenvalue weighted by Crippen LogP contribution is 2.28. The van der Waals surface area contributed by atoms with Gasteiger partial charge in [0.1, 0.15) is 5.75 Å². The number of benzene rings is 2. The molecule has 0 saturated carbocycles. The first kappa shape index (κ1) is 18.5. The Kier molecular flexibility index (Phi) is 6.57. The molecule has 25 heavy (non-hydrogen) atoms. The number of hydrogen-bond acceptors (Lipinski definition) is 3. The number of ether oxygens (including phenoxy) is 1. The molecule has 0 spiro atoms. The summed E-state index contributed by atoms with van der Waals surface area (Å²) in [6.45, 7) is 1.99. The number of amides is 1. The topological polar surface area (TPSA) is 75.6 Å². The first-order chi connectivity index (χ1) is 12.0. The second-order valence-electron chi connectivity index (χ2n) is 5.99. The van der Waals surface area contributed by atoms with Crippen molar-refractivity contribution in [1.29, 1.82) is 0 Å². The second-order valence-corrected chi connectivity index (χ2v) is 5.99. The van der Waals surface area contributed by atoms with Crippen LogP contribution in [0.25, 0.3) is 0 Å². The summed E-state index contributed by atoms with van der Waals surface area (Å²) in [7, 11) is 1.62. The van der Waals surface area contributed by atoms with Crippen LogP contribution in [0.15, 0.2) is 48.5 Å². The molecule has 1 atom stereocenters. The summed E-state index contributed by atoms with van der Waals surface area (Å²) in [5.41, 5.74) is 2.64. The number of anilines is 1. The van der Waals surface area contributed by atoms with E-state index < -0.39 is 5.97 Å². The summed E-state index contributed by atoms with van der Waals surface area (Å²) in [6, 6.07) is 15.0. The lowest BCUT2D eigenvalue weighted by Crippen LogP contribution is -2.14. The highest BCUT2D eigenvalue weighted by molar-refractivity contribution is 5.91. The molecule has 1 amide bonds. The average Bonchev–Trinajstić information content (AvgIpc) is 2.60. The predicted octanol–water partition coefficient (Wildman–Crippen LogP) is 3.84. The minimum absolute atomic E-state index is 0.0333. The Balaban J connectivity index is 1.92. The molecule has 0 aromatic heterocycles. The average molecular weight is 341 g/mol. The summed E-state index contributed by atoms with van der Waals surface area (Å²) in [6.07, 6.45) is 0.928. The van der Waals surface area contributed by atoms with Gasteiger partial charge in [0.15, 0.2) is 0 Å². The molecule has 0 bridgehead atoms. The molecule has 5 heteroatoms. The number of hydrogen-bond donors (Lipinski definition) is 2. The van der Waals surface area contributed by atoms with Crippen LogP contribution in [0.5, 0.6) is 5.75 Å². The van der Waals surface area contributed by atoms with Gasteiger partial charge in [0.25, 0.3) is 0 Å². The van der Waals surface area contributed by atoms with E-state index in [1.54, 1.807) is 19.2 Å². The van der Waals surface area contributed by atoms with Crippen molar-refractivity contribution in [2.24, 2.45) is 0 Å². The Morgan fingerprint density at radius 2 is 1.80 bits per heavy atom. The van der Waals surface area contributed by atoms with E-state index in [0.29, 0.717) is 18.5 Å². The van der Waals surface area contributed by atoms with E-state index in [1.165, 1.54) is 0 Å². The number of carbonyl (C=O) groups excluding carboxylic acids is 1. The fourth-order valence-electron chi connectivity index (χ4n) is 2.68. The van der Waals surface area contributed by atoms with Crippen LogP contribution in [0.1, 0.15) is 36.8 Å². The number of carboxylic acid groups (broad SMARTS) is 1. The van der Waals surface area contributed by atoms with E-state index in [1.807, 2.05) is 43.3 Å². The summed E-state index contributed by atoms with van der Waals surface area (Å²) in [5.74, 6) is -0.0732. The summed E-state index contributed by atoms with van der Waals surface area (Å²) in [4.78, 5) is 22.9. The molecular formula is C20H23NO4. The predicted molar refractivity (Wildman–Crippen MR) is 97.1 cm³/mol. The Hall–Kier alpha value is -2.82. The highest BCUT2D eigenvalue weighted by Gasteiger charge is 2.15. The fourth-order valence-corrected chi connectivity index (χ4v) is 2.68. The van der Waals surface area contributed by atoms with Gasteiger partial charge in [-0.25, -0.2) is 0 Å². The van der Waals surface area contributed by atoms with Crippen molar-refractivity contribution in [2.75, 3.05) is 12.4 Å². The minimum atomic E-state index is -0.817. The summed E-state index contributed by atoms with van der Waals surface area (Å²) >= 11 is 0. The zero-order chi connectivity index (χ0) is 18.2. The number of rotatable bonds is 8. The molecule has 2 aromatic rings. The standard InChI is InChI=1S/C20H23NO4/c1-14(17-5-3-4-6-18(17)25-2)13-19(22)21-16-10-7-15(8-11-16)9-12-20(23)24/h3-8,10-11,14H,9,12-13H2,1-2H3,(H,21,22)(H,23,24). The zero-order valence-electron chi connectivity index (χ0n) is 14.5. The van der Waals surface area contributed by atoms with Crippen molar-refractivity contribution in [3.63, 3.8) is 0 Å². The Morgan fingerprint density at radius 3 is 2.44 bits per heavy atom. The van der Waals surface area contributed by atoms with Crippen LogP contribution in [-0.4, -0.2) is 24.1 Å². The molecular weight excluding hydrogens is 318 g/mol. The molecule has 0 saturated heterocycles. The number of para-hydroxylation sites is 1. The second kappa shape index (κ2) is 8.87. The molecule has 0 aliphatic rings. The van der Waals surface area contributed by atoms with Crippen molar-refractivity contribution in [3.8, 4) is 5.75 Å². The van der Waals surface area contributed by atoms with Gasteiger partial charge in [0.2, 0.25) is 5.91 Å². The number of carboxylic acids is 1. The lowest BCUT2D eigenvalue weighted by molar-refractivity contribution is -0.137. The van der Waals surface area contributed by atoms with Crippen LogP contribution in [0.4, 0.5) is 5.69 Å². The van der Waals surface area contributed by atoms with Gasteiger partial charge in [-0.1, -0.05) is 37.3 Å². The van der Waals surface area contributed by atoms with Crippen molar-refractivity contribution < 1.29 is 19.4 Å². The van der Waals surface area contributed by atoms with Crippen molar-refractivity contribution in [3.05, 3.63) is 59.7 Å². The SMILES string of the molecule is COc1ccccc1C(C)CC(=O)Nc1ccc(CCC(=O)O)cc1. The van der Waals surface area contributed by atoms with Gasteiger partial charge >= 0.3 is 5.97 Å². The van der Waals surface area contributed by atoms with Gasteiger partial charge in [0.05, 0.1) is 7.11 Å². The molecule has 0 radical (unpaired) electrons. The van der Waals surface area contributed by atoms with Crippen molar-refractivity contribution in [1.82, 2.24) is 0 Å². The normalized spacial score (nSPS) is 11.6. The van der Waals surface area contributed by atoms with Crippen LogP contribution < -0.4 is 10.1 Å². The maximum Gasteiger partial charge on any atom is 0.303 e. The number of carbonyl (C=O) groups is 2. The van der Waals surface area contributed by atoms with Crippen molar-refractivity contribution in [2.45, 2.75) is 32.1 Å². The summed E-state index contributed by atoms with van der Waals surface area (Å²) < 4.78 is 5.35. The number of aliphatic carboxylic acids is 1.